The summed E-state index contributed by atoms with van der Waals surface area (Å²) in [4.78, 5) is 5.31. The predicted molar refractivity (Wildman–Crippen MR) is 73.5 cm³/mol. The van der Waals surface area contributed by atoms with Crippen molar-refractivity contribution >= 4 is 22.0 Å². The van der Waals surface area contributed by atoms with Crippen molar-refractivity contribution in [1.82, 2.24) is 9.38 Å². The zero-order valence-corrected chi connectivity index (χ0v) is 11.1. The number of rotatable bonds is 5. The Balaban J connectivity index is 1.73. The van der Waals surface area contributed by atoms with Crippen LogP contribution in [0.3, 0.4) is 0 Å². The number of halogens is 2. The number of benzene rings is 1. The molecule has 0 saturated carbocycles. The summed E-state index contributed by atoms with van der Waals surface area (Å²) in [6.07, 6.45) is 3.82. The molecule has 0 fully saturated rings. The molecule has 0 amide bonds. The van der Waals surface area contributed by atoms with E-state index in [0.717, 1.165) is 10.7 Å². The van der Waals surface area contributed by atoms with E-state index in [-0.39, 0.29) is 5.75 Å². The summed E-state index contributed by atoms with van der Waals surface area (Å²) < 4.78 is 31.0. The maximum Gasteiger partial charge on any atom is 0.387 e. The normalized spacial score (nSPS) is 11.2. The Kier molecular flexibility index (Phi) is 3.51. The molecule has 0 aliphatic carbocycles. The van der Waals surface area contributed by atoms with Crippen LogP contribution in [0, 0.1) is 0 Å². The molecule has 0 spiro atoms. The van der Waals surface area contributed by atoms with Gasteiger partial charge in [0.15, 0.2) is 4.96 Å². The third kappa shape index (κ3) is 2.72. The number of alkyl halides is 2. The lowest BCUT2D eigenvalue weighted by Crippen LogP contribution is -2.06. The summed E-state index contributed by atoms with van der Waals surface area (Å²) in [5.74, 6) is 0.128. The second-order valence-electron chi connectivity index (χ2n) is 4.05. The molecular weight excluding hydrogens is 284 g/mol. The topological polar surface area (TPSA) is 38.6 Å². The van der Waals surface area contributed by atoms with Gasteiger partial charge in [0, 0.05) is 17.8 Å². The Hall–Kier alpha value is -2.15. The zero-order chi connectivity index (χ0) is 13.9. The molecule has 104 valence electrons. The largest absolute Gasteiger partial charge is 0.433 e. The number of aromatic nitrogens is 2. The molecule has 0 radical (unpaired) electrons. The van der Waals surface area contributed by atoms with E-state index in [2.05, 4.69) is 15.0 Å². The summed E-state index contributed by atoms with van der Waals surface area (Å²) in [5, 5.41) is 5.01. The van der Waals surface area contributed by atoms with Gasteiger partial charge in [0.1, 0.15) is 5.75 Å². The van der Waals surface area contributed by atoms with Crippen molar-refractivity contribution in [2.24, 2.45) is 0 Å². The number of imidazole rings is 1. The highest BCUT2D eigenvalue weighted by atomic mass is 32.1. The summed E-state index contributed by atoms with van der Waals surface area (Å²) in [7, 11) is 0. The number of thiazole rings is 1. The molecule has 20 heavy (non-hydrogen) atoms. The number of hydrogen-bond donors (Lipinski definition) is 1. The molecule has 0 bridgehead atoms. The van der Waals surface area contributed by atoms with Gasteiger partial charge < -0.3 is 10.1 Å². The highest BCUT2D eigenvalue weighted by Gasteiger charge is 2.09. The fourth-order valence-electron chi connectivity index (χ4n) is 1.86. The van der Waals surface area contributed by atoms with Gasteiger partial charge in [0.25, 0.3) is 0 Å². The lowest BCUT2D eigenvalue weighted by atomic mass is 10.3. The summed E-state index contributed by atoms with van der Waals surface area (Å²) in [5.41, 5.74) is 1.35. The van der Waals surface area contributed by atoms with Crippen LogP contribution in [0.4, 0.5) is 14.5 Å². The predicted octanol–water partition coefficient (Wildman–Crippen LogP) is 3.61. The quantitative estimate of drug-likeness (QED) is 0.781. The van der Waals surface area contributed by atoms with Crippen molar-refractivity contribution in [3.8, 4) is 5.75 Å². The molecular formula is C13H11F2N3OS. The Morgan fingerprint density at radius 1 is 1.35 bits per heavy atom. The second kappa shape index (κ2) is 5.46. The fourth-order valence-corrected chi connectivity index (χ4v) is 2.58. The Morgan fingerprint density at radius 3 is 3.00 bits per heavy atom. The Labute approximate surface area is 117 Å². The number of anilines is 1. The van der Waals surface area contributed by atoms with Gasteiger partial charge in [-0.05, 0) is 12.1 Å². The van der Waals surface area contributed by atoms with E-state index in [1.807, 2.05) is 22.2 Å². The molecule has 1 aromatic carbocycles. The first kappa shape index (κ1) is 12.9. The second-order valence-corrected chi connectivity index (χ2v) is 4.93. The van der Waals surface area contributed by atoms with E-state index in [1.54, 1.807) is 29.5 Å². The van der Waals surface area contributed by atoms with Crippen molar-refractivity contribution in [3.63, 3.8) is 0 Å². The van der Waals surface area contributed by atoms with Crippen LogP contribution in [0.25, 0.3) is 4.96 Å². The first-order valence-electron chi connectivity index (χ1n) is 5.91. The number of nitrogens with zero attached hydrogens (tertiary/aromatic N) is 2. The van der Waals surface area contributed by atoms with Gasteiger partial charge in [-0.1, -0.05) is 12.1 Å². The minimum atomic E-state index is -2.84. The average Bonchev–Trinajstić information content (AvgIpc) is 2.97. The van der Waals surface area contributed by atoms with Gasteiger partial charge in [0.05, 0.1) is 17.9 Å². The van der Waals surface area contributed by atoms with E-state index in [9.17, 15) is 8.78 Å². The highest BCUT2D eigenvalue weighted by molar-refractivity contribution is 7.15. The molecule has 0 saturated heterocycles. The first-order valence-corrected chi connectivity index (χ1v) is 6.79. The van der Waals surface area contributed by atoms with Crippen LogP contribution in [0.2, 0.25) is 0 Å². The van der Waals surface area contributed by atoms with Crippen molar-refractivity contribution in [1.29, 1.82) is 0 Å². The molecule has 3 rings (SSSR count). The minimum Gasteiger partial charge on any atom is -0.433 e. The molecule has 2 heterocycles. The smallest absolute Gasteiger partial charge is 0.387 e. The van der Waals surface area contributed by atoms with Gasteiger partial charge >= 0.3 is 6.61 Å². The van der Waals surface area contributed by atoms with E-state index in [1.165, 1.54) is 6.07 Å². The van der Waals surface area contributed by atoms with Crippen LogP contribution in [0.1, 0.15) is 5.69 Å². The first-order chi connectivity index (χ1) is 9.72. The molecule has 0 atom stereocenters. The monoisotopic (exact) mass is 295 g/mol. The maximum atomic E-state index is 12.3. The summed E-state index contributed by atoms with van der Waals surface area (Å²) >= 11 is 1.54. The van der Waals surface area contributed by atoms with Gasteiger partial charge in [-0.15, -0.1) is 11.3 Å². The molecule has 0 aliphatic rings. The molecule has 1 N–H and O–H groups in total. The molecule has 0 aliphatic heterocycles. The van der Waals surface area contributed by atoms with Crippen LogP contribution in [0.5, 0.6) is 5.75 Å². The number of fused-ring (bicyclic) bond motifs is 1. The van der Waals surface area contributed by atoms with E-state index in [4.69, 9.17) is 0 Å². The maximum absolute atomic E-state index is 12.3. The summed E-state index contributed by atoms with van der Waals surface area (Å²) in [6, 6.07) is 6.60. The Bertz CT molecular complexity index is 682. The van der Waals surface area contributed by atoms with Crippen molar-refractivity contribution in [2.75, 3.05) is 5.32 Å². The Morgan fingerprint density at radius 2 is 2.20 bits per heavy atom. The standard InChI is InChI=1S/C13H11F2N3OS/c14-12(15)19-11-4-2-1-3-10(11)16-7-9-8-18-5-6-20-13(18)17-9/h1-6,8,12,16H,7H2. The average molecular weight is 295 g/mol. The van der Waals surface area contributed by atoms with Gasteiger partial charge in [-0.3, -0.25) is 4.40 Å². The zero-order valence-electron chi connectivity index (χ0n) is 10.3. The van der Waals surface area contributed by atoms with Gasteiger partial charge in [-0.25, -0.2) is 4.98 Å². The van der Waals surface area contributed by atoms with E-state index < -0.39 is 6.61 Å². The van der Waals surface area contributed by atoms with Crippen LogP contribution < -0.4 is 10.1 Å². The van der Waals surface area contributed by atoms with Crippen LogP contribution in [-0.2, 0) is 6.54 Å². The fraction of sp³-hybridized carbons (Fsp3) is 0.154. The van der Waals surface area contributed by atoms with Crippen molar-refractivity contribution < 1.29 is 13.5 Å². The molecule has 0 unspecified atom stereocenters. The highest BCUT2D eigenvalue weighted by Crippen LogP contribution is 2.26. The molecule has 7 heteroatoms. The van der Waals surface area contributed by atoms with Crippen molar-refractivity contribution in [2.45, 2.75) is 13.2 Å². The van der Waals surface area contributed by atoms with Crippen molar-refractivity contribution in [3.05, 3.63) is 47.7 Å². The summed E-state index contributed by atoms with van der Waals surface area (Å²) in [6.45, 7) is -2.39. The SMILES string of the molecule is FC(F)Oc1ccccc1NCc1cn2ccsc2n1. The van der Waals surface area contributed by atoms with Gasteiger partial charge in [-0.2, -0.15) is 8.78 Å². The lowest BCUT2D eigenvalue weighted by Gasteiger charge is -2.11. The number of nitrogens with one attached hydrogen (secondary N) is 1. The van der Waals surface area contributed by atoms with Crippen LogP contribution >= 0.6 is 11.3 Å². The van der Waals surface area contributed by atoms with Gasteiger partial charge in [0.2, 0.25) is 0 Å². The molecule has 4 nitrogen and oxygen atoms in total. The van der Waals surface area contributed by atoms with E-state index in [0.29, 0.717) is 12.2 Å². The van der Waals surface area contributed by atoms with Crippen LogP contribution in [0.15, 0.2) is 42.0 Å². The minimum absolute atomic E-state index is 0.128. The number of ether oxygens (including phenoxy) is 1. The number of para-hydroxylation sites is 2. The molecule has 3 aromatic rings. The molecule has 2 aromatic heterocycles. The van der Waals surface area contributed by atoms with Crippen LogP contribution in [-0.4, -0.2) is 16.0 Å². The lowest BCUT2D eigenvalue weighted by molar-refractivity contribution is -0.0493. The number of hydrogen-bond acceptors (Lipinski definition) is 4. The third-order valence-corrected chi connectivity index (χ3v) is 3.48. The third-order valence-electron chi connectivity index (χ3n) is 2.71. The van der Waals surface area contributed by atoms with E-state index >= 15 is 0 Å².